The fourth-order valence-corrected chi connectivity index (χ4v) is 2.83. The SMILES string of the molecule is C/C(C(=O)Nc1ccc(F)cc1C(=O)O)=C(\C)c1ccc2ccccc2c1. The van der Waals surface area contributed by atoms with Crippen molar-refractivity contribution in [2.24, 2.45) is 0 Å². The van der Waals surface area contributed by atoms with Gasteiger partial charge >= 0.3 is 5.97 Å². The van der Waals surface area contributed by atoms with Gasteiger partial charge in [-0.1, -0.05) is 36.4 Å². The topological polar surface area (TPSA) is 66.4 Å². The second kappa shape index (κ2) is 7.41. The van der Waals surface area contributed by atoms with Crippen LogP contribution >= 0.6 is 0 Å². The Kier molecular flexibility index (Phi) is 5.03. The van der Waals surface area contributed by atoms with E-state index >= 15 is 0 Å². The van der Waals surface area contributed by atoms with E-state index in [0.29, 0.717) is 5.57 Å². The van der Waals surface area contributed by atoms with Gasteiger partial charge in [0.15, 0.2) is 0 Å². The minimum Gasteiger partial charge on any atom is -0.478 e. The van der Waals surface area contributed by atoms with Gasteiger partial charge < -0.3 is 10.4 Å². The van der Waals surface area contributed by atoms with E-state index in [1.165, 1.54) is 6.07 Å². The first-order chi connectivity index (χ1) is 12.9. The Morgan fingerprint density at radius 1 is 0.926 bits per heavy atom. The zero-order chi connectivity index (χ0) is 19.6. The number of carbonyl (C=O) groups is 2. The van der Waals surface area contributed by atoms with Crippen LogP contribution in [-0.4, -0.2) is 17.0 Å². The molecule has 0 spiro atoms. The standard InChI is InChI=1S/C22H18FNO3/c1-13(16-8-7-15-5-3-4-6-17(15)11-16)14(2)21(25)24-20-10-9-18(23)12-19(20)22(26)27/h3-12H,1-2H3,(H,24,25)(H,26,27)/b14-13-. The quantitative estimate of drug-likeness (QED) is 0.633. The van der Waals surface area contributed by atoms with Crippen LogP contribution in [0.5, 0.6) is 0 Å². The average Bonchev–Trinajstić information content (AvgIpc) is 2.67. The number of amides is 1. The molecule has 27 heavy (non-hydrogen) atoms. The van der Waals surface area contributed by atoms with Gasteiger partial charge in [-0.15, -0.1) is 0 Å². The molecule has 3 aromatic carbocycles. The molecule has 0 aromatic heterocycles. The molecule has 0 aliphatic carbocycles. The number of carbonyl (C=O) groups excluding carboxylic acids is 1. The number of rotatable bonds is 4. The van der Waals surface area contributed by atoms with E-state index in [1.807, 2.05) is 49.4 Å². The number of benzene rings is 3. The molecule has 0 aliphatic rings. The molecule has 0 aliphatic heterocycles. The lowest BCUT2D eigenvalue weighted by molar-refractivity contribution is -0.112. The largest absolute Gasteiger partial charge is 0.478 e. The van der Waals surface area contributed by atoms with Crippen LogP contribution in [0.2, 0.25) is 0 Å². The number of carboxylic acids is 1. The van der Waals surface area contributed by atoms with E-state index in [4.69, 9.17) is 0 Å². The van der Waals surface area contributed by atoms with Crippen molar-refractivity contribution in [1.82, 2.24) is 0 Å². The first-order valence-electron chi connectivity index (χ1n) is 8.37. The van der Waals surface area contributed by atoms with Crippen LogP contribution in [0.25, 0.3) is 16.3 Å². The molecule has 0 saturated heterocycles. The molecule has 0 fully saturated rings. The molecule has 5 heteroatoms. The number of hydrogen-bond donors (Lipinski definition) is 2. The van der Waals surface area contributed by atoms with Crippen LogP contribution in [0.15, 0.2) is 66.2 Å². The maximum Gasteiger partial charge on any atom is 0.337 e. The van der Waals surface area contributed by atoms with E-state index in [2.05, 4.69) is 5.32 Å². The van der Waals surface area contributed by atoms with E-state index in [1.54, 1.807) is 6.92 Å². The molecule has 0 radical (unpaired) electrons. The molecule has 2 N–H and O–H groups in total. The summed E-state index contributed by atoms with van der Waals surface area (Å²) in [4.78, 5) is 23.9. The van der Waals surface area contributed by atoms with Crippen molar-refractivity contribution in [2.45, 2.75) is 13.8 Å². The lowest BCUT2D eigenvalue weighted by Crippen LogP contribution is -2.16. The molecular weight excluding hydrogens is 345 g/mol. The highest BCUT2D eigenvalue weighted by atomic mass is 19.1. The van der Waals surface area contributed by atoms with E-state index in [9.17, 15) is 19.1 Å². The van der Waals surface area contributed by atoms with Crippen molar-refractivity contribution in [3.05, 3.63) is 83.2 Å². The Hall–Kier alpha value is -3.47. The summed E-state index contributed by atoms with van der Waals surface area (Å²) in [6, 6.07) is 17.1. The number of halogens is 1. The highest BCUT2D eigenvalue weighted by molar-refractivity contribution is 6.10. The molecule has 0 atom stereocenters. The predicted octanol–water partition coefficient (Wildman–Crippen LogP) is 5.11. The second-order valence-corrected chi connectivity index (χ2v) is 6.26. The van der Waals surface area contributed by atoms with Gasteiger partial charge in [0.25, 0.3) is 5.91 Å². The third-order valence-corrected chi connectivity index (χ3v) is 4.55. The van der Waals surface area contributed by atoms with E-state index in [-0.39, 0.29) is 11.3 Å². The molecular formula is C22H18FNO3. The zero-order valence-corrected chi connectivity index (χ0v) is 14.9. The smallest absolute Gasteiger partial charge is 0.337 e. The molecule has 3 aromatic rings. The Bertz CT molecular complexity index is 1090. The van der Waals surface area contributed by atoms with Crippen LogP contribution in [-0.2, 0) is 4.79 Å². The molecule has 4 nitrogen and oxygen atoms in total. The summed E-state index contributed by atoms with van der Waals surface area (Å²) >= 11 is 0. The van der Waals surface area contributed by atoms with Crippen molar-refractivity contribution < 1.29 is 19.1 Å². The lowest BCUT2D eigenvalue weighted by Gasteiger charge is -2.12. The third-order valence-electron chi connectivity index (χ3n) is 4.55. The van der Waals surface area contributed by atoms with Crippen LogP contribution in [0.1, 0.15) is 29.8 Å². The van der Waals surface area contributed by atoms with Gasteiger partial charge in [0.05, 0.1) is 11.3 Å². The van der Waals surface area contributed by atoms with Crippen molar-refractivity contribution in [1.29, 1.82) is 0 Å². The minimum absolute atomic E-state index is 0.0551. The van der Waals surface area contributed by atoms with E-state index in [0.717, 1.165) is 34.0 Å². The number of nitrogens with one attached hydrogen (secondary N) is 1. The van der Waals surface area contributed by atoms with Crippen molar-refractivity contribution in [3.63, 3.8) is 0 Å². The normalized spacial score (nSPS) is 11.8. The van der Waals surface area contributed by atoms with Crippen molar-refractivity contribution in [2.75, 3.05) is 5.32 Å². The number of aromatic carboxylic acids is 1. The number of hydrogen-bond acceptors (Lipinski definition) is 2. The van der Waals surface area contributed by atoms with Gasteiger partial charge in [-0.2, -0.15) is 0 Å². The summed E-state index contributed by atoms with van der Waals surface area (Å²) in [6.45, 7) is 3.51. The minimum atomic E-state index is -1.31. The van der Waals surface area contributed by atoms with Gasteiger partial charge in [0.2, 0.25) is 0 Å². The van der Waals surface area contributed by atoms with Crippen LogP contribution in [0.4, 0.5) is 10.1 Å². The number of anilines is 1. The summed E-state index contributed by atoms with van der Waals surface area (Å²) in [6.07, 6.45) is 0. The summed E-state index contributed by atoms with van der Waals surface area (Å²) in [5.41, 5.74) is 1.89. The predicted molar refractivity (Wildman–Crippen MR) is 104 cm³/mol. The Balaban J connectivity index is 1.92. The molecule has 0 saturated carbocycles. The molecule has 0 heterocycles. The van der Waals surface area contributed by atoms with E-state index < -0.39 is 17.7 Å². The highest BCUT2D eigenvalue weighted by Crippen LogP contribution is 2.25. The molecule has 0 unspecified atom stereocenters. The van der Waals surface area contributed by atoms with Gasteiger partial charge in [0.1, 0.15) is 5.82 Å². The van der Waals surface area contributed by atoms with Crippen LogP contribution in [0.3, 0.4) is 0 Å². The highest BCUT2D eigenvalue weighted by Gasteiger charge is 2.16. The summed E-state index contributed by atoms with van der Waals surface area (Å²) in [7, 11) is 0. The summed E-state index contributed by atoms with van der Waals surface area (Å²) in [5, 5.41) is 13.9. The van der Waals surface area contributed by atoms with Crippen LogP contribution in [0, 0.1) is 5.82 Å². The fourth-order valence-electron chi connectivity index (χ4n) is 2.83. The maximum absolute atomic E-state index is 13.3. The van der Waals surface area contributed by atoms with Crippen molar-refractivity contribution in [3.8, 4) is 0 Å². The second-order valence-electron chi connectivity index (χ2n) is 6.26. The monoisotopic (exact) mass is 363 g/mol. The number of allylic oxidation sites excluding steroid dienone is 1. The lowest BCUT2D eigenvalue weighted by atomic mass is 9.98. The molecule has 1 amide bonds. The third kappa shape index (κ3) is 3.87. The summed E-state index contributed by atoms with van der Waals surface area (Å²) < 4.78 is 13.3. The first-order valence-corrected chi connectivity index (χ1v) is 8.37. The molecule has 136 valence electrons. The fraction of sp³-hybridized carbons (Fsp3) is 0.0909. The molecule has 3 rings (SSSR count). The van der Waals surface area contributed by atoms with Gasteiger partial charge in [-0.3, -0.25) is 4.79 Å². The average molecular weight is 363 g/mol. The van der Waals surface area contributed by atoms with Crippen molar-refractivity contribution >= 4 is 33.9 Å². The van der Waals surface area contributed by atoms with Gasteiger partial charge in [-0.05, 0) is 60.0 Å². The Morgan fingerprint density at radius 2 is 1.63 bits per heavy atom. The maximum atomic E-state index is 13.3. The van der Waals surface area contributed by atoms with Gasteiger partial charge in [0, 0.05) is 5.57 Å². The Labute approximate surface area is 156 Å². The summed E-state index contributed by atoms with van der Waals surface area (Å²) in [5.74, 6) is -2.42. The van der Waals surface area contributed by atoms with Crippen LogP contribution < -0.4 is 5.32 Å². The number of carboxylic acid groups (broad SMARTS) is 1. The van der Waals surface area contributed by atoms with Gasteiger partial charge in [-0.25, -0.2) is 9.18 Å². The first kappa shape index (κ1) is 18.3. The Morgan fingerprint density at radius 3 is 2.33 bits per heavy atom. The number of fused-ring (bicyclic) bond motifs is 1. The zero-order valence-electron chi connectivity index (χ0n) is 14.9. The molecule has 0 bridgehead atoms.